The highest BCUT2D eigenvalue weighted by Gasteiger charge is 2.20. The molecule has 0 aliphatic heterocycles. The monoisotopic (exact) mass is 267 g/mol. The van der Waals surface area contributed by atoms with E-state index in [9.17, 15) is 5.11 Å². The second-order valence-electron chi connectivity index (χ2n) is 4.96. The third kappa shape index (κ3) is 5.01. The average molecular weight is 267 g/mol. The summed E-state index contributed by atoms with van der Waals surface area (Å²) < 4.78 is 0. The molecule has 0 fully saturated rings. The Kier molecular flexibility index (Phi) is 6.76. The van der Waals surface area contributed by atoms with E-state index in [1.807, 2.05) is 18.7 Å². The number of aryl methyl sites for hydroxylation is 1. The van der Waals surface area contributed by atoms with Gasteiger partial charge in [0.05, 0.1) is 6.61 Å². The van der Waals surface area contributed by atoms with E-state index >= 15 is 0 Å². The lowest BCUT2D eigenvalue weighted by Crippen LogP contribution is -2.42. The molecule has 102 valence electrons. The van der Waals surface area contributed by atoms with Crippen molar-refractivity contribution in [1.82, 2.24) is 0 Å². The Bertz CT molecular complexity index is 350. The molecule has 0 spiro atoms. The second kappa shape index (κ2) is 7.82. The number of hydrogen-bond acceptors (Lipinski definition) is 3. The van der Waals surface area contributed by atoms with Crippen molar-refractivity contribution < 1.29 is 5.11 Å². The molecule has 1 unspecified atom stereocenters. The lowest BCUT2D eigenvalue weighted by atomic mass is 9.93. The van der Waals surface area contributed by atoms with E-state index < -0.39 is 0 Å². The molecule has 0 amide bonds. The van der Waals surface area contributed by atoms with E-state index in [0.717, 1.165) is 30.8 Å². The van der Waals surface area contributed by atoms with Crippen LogP contribution >= 0.6 is 11.8 Å². The van der Waals surface area contributed by atoms with Crippen LogP contribution in [0.1, 0.15) is 37.3 Å². The lowest BCUT2D eigenvalue weighted by molar-refractivity contribution is 0.182. The van der Waals surface area contributed by atoms with Crippen molar-refractivity contribution in [2.45, 2.75) is 44.4 Å². The van der Waals surface area contributed by atoms with Crippen LogP contribution in [0.15, 0.2) is 24.3 Å². The lowest BCUT2D eigenvalue weighted by Gasteiger charge is -2.25. The van der Waals surface area contributed by atoms with Gasteiger partial charge in [0.2, 0.25) is 0 Å². The van der Waals surface area contributed by atoms with Gasteiger partial charge in [0.25, 0.3) is 0 Å². The summed E-state index contributed by atoms with van der Waals surface area (Å²) in [6.45, 7) is 4.28. The van der Waals surface area contributed by atoms with Crippen molar-refractivity contribution in [2.24, 2.45) is 5.73 Å². The Labute approximate surface area is 115 Å². The van der Waals surface area contributed by atoms with Gasteiger partial charge in [0, 0.05) is 11.3 Å². The van der Waals surface area contributed by atoms with Crippen LogP contribution in [-0.2, 0) is 5.75 Å². The third-order valence-electron chi connectivity index (χ3n) is 3.50. The summed E-state index contributed by atoms with van der Waals surface area (Å²) in [5, 5.41) is 9.22. The van der Waals surface area contributed by atoms with E-state index in [1.165, 1.54) is 11.1 Å². The van der Waals surface area contributed by atoms with Gasteiger partial charge in [-0.1, -0.05) is 31.2 Å². The predicted octanol–water partition coefficient (Wildman–Crippen LogP) is 3.11. The molecule has 0 bridgehead atoms. The van der Waals surface area contributed by atoms with Crippen molar-refractivity contribution in [3.8, 4) is 0 Å². The molecule has 0 radical (unpaired) electrons. The van der Waals surface area contributed by atoms with Crippen LogP contribution in [0.4, 0.5) is 0 Å². The number of thioether (sulfide) groups is 1. The molecular weight excluding hydrogens is 242 g/mol. The smallest absolute Gasteiger partial charge is 0.0611 e. The van der Waals surface area contributed by atoms with Crippen molar-refractivity contribution in [3.05, 3.63) is 35.4 Å². The molecule has 2 nitrogen and oxygen atoms in total. The molecule has 1 atom stereocenters. The molecule has 18 heavy (non-hydrogen) atoms. The van der Waals surface area contributed by atoms with Gasteiger partial charge in [0.1, 0.15) is 0 Å². The predicted molar refractivity (Wildman–Crippen MR) is 80.9 cm³/mol. The highest BCUT2D eigenvalue weighted by molar-refractivity contribution is 7.98. The summed E-state index contributed by atoms with van der Waals surface area (Å²) >= 11 is 1.94. The average Bonchev–Trinajstić information content (AvgIpc) is 2.40. The third-order valence-corrected chi connectivity index (χ3v) is 4.59. The molecule has 0 aliphatic carbocycles. The van der Waals surface area contributed by atoms with Crippen LogP contribution in [0.5, 0.6) is 0 Å². The van der Waals surface area contributed by atoms with Gasteiger partial charge in [-0.05, 0) is 43.1 Å². The number of aliphatic hydroxyl groups is 1. The summed E-state index contributed by atoms with van der Waals surface area (Å²) in [6.07, 6.45) is 2.81. The number of hydrogen-bond donors (Lipinski definition) is 2. The summed E-state index contributed by atoms with van der Waals surface area (Å²) in [7, 11) is 0. The minimum atomic E-state index is -0.372. The van der Waals surface area contributed by atoms with Gasteiger partial charge in [0.15, 0.2) is 0 Å². The molecule has 1 aromatic carbocycles. The molecule has 1 rings (SSSR count). The molecule has 0 heterocycles. The first kappa shape index (κ1) is 15.5. The van der Waals surface area contributed by atoms with Crippen LogP contribution in [0.3, 0.4) is 0 Å². The van der Waals surface area contributed by atoms with Crippen molar-refractivity contribution in [3.63, 3.8) is 0 Å². The van der Waals surface area contributed by atoms with Crippen LogP contribution in [0, 0.1) is 6.92 Å². The topological polar surface area (TPSA) is 46.2 Å². The first-order valence-corrected chi connectivity index (χ1v) is 7.79. The van der Waals surface area contributed by atoms with E-state index in [4.69, 9.17) is 5.73 Å². The maximum Gasteiger partial charge on any atom is 0.0611 e. The summed E-state index contributed by atoms with van der Waals surface area (Å²) in [5.74, 6) is 2.17. The molecule has 0 aliphatic rings. The summed E-state index contributed by atoms with van der Waals surface area (Å²) in [6, 6.07) is 8.52. The van der Waals surface area contributed by atoms with E-state index in [-0.39, 0.29) is 12.1 Å². The number of aliphatic hydroxyl groups excluding tert-OH is 1. The second-order valence-corrected chi connectivity index (χ2v) is 6.06. The SMILES string of the molecule is CCC(N)(CO)CCCSCc1ccccc1C. The van der Waals surface area contributed by atoms with Gasteiger partial charge < -0.3 is 10.8 Å². The maximum atomic E-state index is 9.22. The fourth-order valence-electron chi connectivity index (χ4n) is 1.85. The Hall–Kier alpha value is -0.510. The van der Waals surface area contributed by atoms with E-state index in [2.05, 4.69) is 31.2 Å². The molecule has 1 aromatic rings. The molecule has 3 heteroatoms. The quantitative estimate of drug-likeness (QED) is 0.711. The highest BCUT2D eigenvalue weighted by Crippen LogP contribution is 2.19. The molecule has 0 saturated carbocycles. The van der Waals surface area contributed by atoms with Crippen molar-refractivity contribution >= 4 is 11.8 Å². The first-order chi connectivity index (χ1) is 8.61. The van der Waals surface area contributed by atoms with Crippen LogP contribution in [-0.4, -0.2) is 23.0 Å². The number of nitrogens with two attached hydrogens (primary N) is 1. The highest BCUT2D eigenvalue weighted by atomic mass is 32.2. The largest absolute Gasteiger partial charge is 0.394 e. The maximum absolute atomic E-state index is 9.22. The minimum absolute atomic E-state index is 0.0892. The number of benzene rings is 1. The summed E-state index contributed by atoms with van der Waals surface area (Å²) in [4.78, 5) is 0. The van der Waals surface area contributed by atoms with Crippen molar-refractivity contribution in [1.29, 1.82) is 0 Å². The van der Waals surface area contributed by atoms with Crippen LogP contribution in [0.25, 0.3) is 0 Å². The van der Waals surface area contributed by atoms with Gasteiger partial charge >= 0.3 is 0 Å². The normalized spacial score (nSPS) is 14.4. The zero-order valence-electron chi connectivity index (χ0n) is 11.5. The minimum Gasteiger partial charge on any atom is -0.394 e. The van der Waals surface area contributed by atoms with Crippen LogP contribution < -0.4 is 5.73 Å². The van der Waals surface area contributed by atoms with Crippen LogP contribution in [0.2, 0.25) is 0 Å². The Morgan fingerprint density at radius 1 is 1.33 bits per heavy atom. The van der Waals surface area contributed by atoms with E-state index in [1.54, 1.807) is 0 Å². The number of rotatable bonds is 8. The zero-order chi connectivity index (χ0) is 13.4. The fourth-order valence-corrected chi connectivity index (χ4v) is 2.88. The Morgan fingerprint density at radius 3 is 2.67 bits per heavy atom. The van der Waals surface area contributed by atoms with Gasteiger partial charge in [-0.25, -0.2) is 0 Å². The van der Waals surface area contributed by atoms with Gasteiger partial charge in [-0.2, -0.15) is 11.8 Å². The van der Waals surface area contributed by atoms with E-state index in [0.29, 0.717) is 0 Å². The molecule has 0 saturated heterocycles. The first-order valence-electron chi connectivity index (χ1n) is 6.63. The molecular formula is C15H25NOS. The molecule has 3 N–H and O–H groups in total. The Balaban J connectivity index is 2.22. The summed E-state index contributed by atoms with van der Waals surface area (Å²) in [5.41, 5.74) is 8.46. The fraction of sp³-hybridized carbons (Fsp3) is 0.600. The standard InChI is InChI=1S/C15H25NOS/c1-3-15(16,12-17)9-6-10-18-11-14-8-5-4-7-13(14)2/h4-5,7-8,17H,3,6,9-12,16H2,1-2H3. The zero-order valence-corrected chi connectivity index (χ0v) is 12.3. The van der Waals surface area contributed by atoms with Gasteiger partial charge in [-0.3, -0.25) is 0 Å². The van der Waals surface area contributed by atoms with Gasteiger partial charge in [-0.15, -0.1) is 0 Å². The Morgan fingerprint density at radius 2 is 2.06 bits per heavy atom. The molecule has 0 aromatic heterocycles. The van der Waals surface area contributed by atoms with Crippen molar-refractivity contribution in [2.75, 3.05) is 12.4 Å².